The van der Waals surface area contributed by atoms with E-state index in [9.17, 15) is 9.59 Å². The normalized spacial score (nSPS) is 17.1. The van der Waals surface area contributed by atoms with Crippen LogP contribution < -0.4 is 0 Å². The molecule has 0 N–H and O–H groups in total. The maximum atomic E-state index is 12.0. The molecule has 1 saturated heterocycles. The second kappa shape index (κ2) is 5.42. The number of Topliss-reactive ketones (excluding diaryl/α,β-unsaturated/α-hetero) is 1. The van der Waals surface area contributed by atoms with Crippen molar-refractivity contribution in [2.24, 2.45) is 0 Å². The molecule has 1 fully saturated rings. The van der Waals surface area contributed by atoms with Gasteiger partial charge >= 0.3 is 0 Å². The predicted molar refractivity (Wildman–Crippen MR) is 67.3 cm³/mol. The van der Waals surface area contributed by atoms with Crippen LogP contribution in [0.3, 0.4) is 0 Å². The number of hydrogen-bond acceptors (Lipinski definition) is 4. The number of thiophene rings is 1. The van der Waals surface area contributed by atoms with Gasteiger partial charge in [0.15, 0.2) is 0 Å². The van der Waals surface area contributed by atoms with Crippen molar-refractivity contribution in [2.45, 2.75) is 6.92 Å². The average molecular weight is 252 g/mol. The van der Waals surface area contributed by atoms with Crippen LogP contribution in [0.5, 0.6) is 0 Å². The maximum Gasteiger partial charge on any atom is 0.295 e. The Morgan fingerprint density at radius 2 is 2.00 bits per heavy atom. The van der Waals surface area contributed by atoms with Gasteiger partial charge in [0.1, 0.15) is 0 Å². The van der Waals surface area contributed by atoms with Gasteiger partial charge in [-0.05, 0) is 18.0 Å². The summed E-state index contributed by atoms with van der Waals surface area (Å²) in [7, 11) is 0. The van der Waals surface area contributed by atoms with Crippen molar-refractivity contribution < 1.29 is 9.59 Å². The molecule has 92 valence electrons. The van der Waals surface area contributed by atoms with Crippen LogP contribution in [0.1, 0.15) is 16.6 Å². The third kappa shape index (κ3) is 2.73. The largest absolute Gasteiger partial charge is 0.333 e. The Hall–Kier alpha value is -1.20. The number of ketones is 1. The molecule has 0 spiro atoms. The van der Waals surface area contributed by atoms with Gasteiger partial charge in [-0.15, -0.1) is 11.3 Å². The van der Waals surface area contributed by atoms with E-state index in [2.05, 4.69) is 11.8 Å². The van der Waals surface area contributed by atoms with E-state index in [0.717, 1.165) is 19.6 Å². The van der Waals surface area contributed by atoms with Crippen LogP contribution in [0.25, 0.3) is 0 Å². The number of amides is 1. The first-order valence-electron chi connectivity index (χ1n) is 5.82. The molecule has 17 heavy (non-hydrogen) atoms. The zero-order chi connectivity index (χ0) is 12.3. The van der Waals surface area contributed by atoms with E-state index in [1.807, 2.05) is 5.38 Å². The Labute approximate surface area is 105 Å². The van der Waals surface area contributed by atoms with Gasteiger partial charge in [0.05, 0.1) is 4.88 Å². The van der Waals surface area contributed by atoms with Gasteiger partial charge in [0, 0.05) is 26.2 Å². The van der Waals surface area contributed by atoms with Crippen LogP contribution >= 0.6 is 11.3 Å². The summed E-state index contributed by atoms with van der Waals surface area (Å²) in [6.45, 7) is 6.14. The van der Waals surface area contributed by atoms with Gasteiger partial charge in [0.2, 0.25) is 0 Å². The molecule has 0 bridgehead atoms. The number of rotatable bonds is 3. The van der Waals surface area contributed by atoms with E-state index in [1.165, 1.54) is 11.3 Å². The molecule has 0 aromatic carbocycles. The minimum Gasteiger partial charge on any atom is -0.333 e. The fourth-order valence-corrected chi connectivity index (χ4v) is 2.58. The molecular formula is C12H16N2O2S. The van der Waals surface area contributed by atoms with Crippen molar-refractivity contribution in [3.63, 3.8) is 0 Å². The third-order valence-corrected chi connectivity index (χ3v) is 3.91. The summed E-state index contributed by atoms with van der Waals surface area (Å²) in [4.78, 5) is 28.3. The molecule has 0 aliphatic carbocycles. The van der Waals surface area contributed by atoms with Crippen molar-refractivity contribution >= 4 is 23.0 Å². The Morgan fingerprint density at radius 1 is 1.29 bits per heavy atom. The van der Waals surface area contributed by atoms with Crippen molar-refractivity contribution in [2.75, 3.05) is 32.7 Å². The topological polar surface area (TPSA) is 40.6 Å². The number of carbonyl (C=O) groups is 2. The molecule has 2 rings (SSSR count). The fraction of sp³-hybridized carbons (Fsp3) is 0.500. The summed E-state index contributed by atoms with van der Waals surface area (Å²) in [6.07, 6.45) is 0. The molecule has 1 aliphatic rings. The standard InChI is InChI=1S/C12H16N2O2S/c1-2-13-5-7-14(8-6-13)12(16)11(15)10-4-3-9-17-10/h3-4,9H,2,5-8H2,1H3. The van der Waals surface area contributed by atoms with Crippen LogP contribution in [-0.4, -0.2) is 54.2 Å². The summed E-state index contributed by atoms with van der Waals surface area (Å²) in [5.74, 6) is -0.729. The lowest BCUT2D eigenvalue weighted by Gasteiger charge is -2.33. The average Bonchev–Trinajstić information content (AvgIpc) is 2.91. The number of piperazine rings is 1. The predicted octanol–water partition coefficient (Wildman–Crippen LogP) is 1.09. The van der Waals surface area contributed by atoms with E-state index in [1.54, 1.807) is 17.0 Å². The molecule has 1 aromatic heterocycles. The summed E-state index contributed by atoms with van der Waals surface area (Å²) in [5.41, 5.74) is 0. The lowest BCUT2D eigenvalue weighted by molar-refractivity contribution is -0.128. The highest BCUT2D eigenvalue weighted by Crippen LogP contribution is 2.12. The van der Waals surface area contributed by atoms with Crippen molar-refractivity contribution in [1.29, 1.82) is 0 Å². The van der Waals surface area contributed by atoms with Gasteiger partial charge in [0.25, 0.3) is 11.7 Å². The molecule has 4 nitrogen and oxygen atoms in total. The number of hydrogen-bond donors (Lipinski definition) is 0. The van der Waals surface area contributed by atoms with Crippen LogP contribution in [0.4, 0.5) is 0 Å². The Morgan fingerprint density at radius 3 is 2.53 bits per heavy atom. The summed E-state index contributed by atoms with van der Waals surface area (Å²) >= 11 is 1.32. The van der Waals surface area contributed by atoms with Crippen molar-refractivity contribution in [1.82, 2.24) is 9.80 Å². The van der Waals surface area contributed by atoms with Crippen molar-refractivity contribution in [3.8, 4) is 0 Å². The number of nitrogens with zero attached hydrogens (tertiary/aromatic N) is 2. The zero-order valence-corrected chi connectivity index (χ0v) is 10.7. The Bertz CT molecular complexity index is 395. The van der Waals surface area contributed by atoms with Gasteiger partial charge in [-0.1, -0.05) is 13.0 Å². The molecular weight excluding hydrogens is 236 g/mol. The second-order valence-corrected chi connectivity index (χ2v) is 4.98. The van der Waals surface area contributed by atoms with E-state index >= 15 is 0 Å². The minimum absolute atomic E-state index is 0.358. The molecule has 2 heterocycles. The molecule has 1 aromatic rings. The molecule has 0 saturated carbocycles. The van der Waals surface area contributed by atoms with Gasteiger partial charge < -0.3 is 9.80 Å². The molecule has 0 radical (unpaired) electrons. The smallest absolute Gasteiger partial charge is 0.295 e. The molecule has 1 aliphatic heterocycles. The lowest BCUT2D eigenvalue weighted by atomic mass is 10.2. The zero-order valence-electron chi connectivity index (χ0n) is 9.89. The van der Waals surface area contributed by atoms with Crippen LogP contribution in [-0.2, 0) is 4.79 Å². The summed E-state index contributed by atoms with van der Waals surface area (Å²) < 4.78 is 0. The molecule has 0 unspecified atom stereocenters. The van der Waals surface area contributed by atoms with Crippen molar-refractivity contribution in [3.05, 3.63) is 22.4 Å². The first kappa shape index (κ1) is 12.3. The van der Waals surface area contributed by atoms with Crippen LogP contribution in [0.15, 0.2) is 17.5 Å². The van der Waals surface area contributed by atoms with Crippen LogP contribution in [0.2, 0.25) is 0 Å². The van der Waals surface area contributed by atoms with E-state index < -0.39 is 0 Å². The number of likely N-dealkylation sites (N-methyl/N-ethyl adjacent to an activating group) is 1. The highest BCUT2D eigenvalue weighted by atomic mass is 32.1. The first-order chi connectivity index (χ1) is 8.22. The number of carbonyl (C=O) groups excluding carboxylic acids is 2. The Kier molecular flexibility index (Phi) is 3.91. The van der Waals surface area contributed by atoms with E-state index in [4.69, 9.17) is 0 Å². The van der Waals surface area contributed by atoms with Gasteiger partial charge in [-0.25, -0.2) is 0 Å². The highest BCUT2D eigenvalue weighted by molar-refractivity contribution is 7.12. The monoisotopic (exact) mass is 252 g/mol. The highest BCUT2D eigenvalue weighted by Gasteiger charge is 2.26. The van der Waals surface area contributed by atoms with Gasteiger partial charge in [-0.3, -0.25) is 9.59 Å². The molecule has 5 heteroatoms. The molecule has 1 amide bonds. The van der Waals surface area contributed by atoms with Gasteiger partial charge in [-0.2, -0.15) is 0 Å². The summed E-state index contributed by atoms with van der Waals surface area (Å²) in [5, 5.41) is 1.82. The van der Waals surface area contributed by atoms with Crippen LogP contribution in [0, 0.1) is 0 Å². The summed E-state index contributed by atoms with van der Waals surface area (Å²) in [6, 6.07) is 3.49. The lowest BCUT2D eigenvalue weighted by Crippen LogP contribution is -2.50. The fourth-order valence-electron chi connectivity index (χ4n) is 1.92. The second-order valence-electron chi connectivity index (χ2n) is 4.03. The Balaban J connectivity index is 1.95. The van der Waals surface area contributed by atoms with E-state index in [0.29, 0.717) is 18.0 Å². The maximum absolute atomic E-state index is 12.0. The SMILES string of the molecule is CCN1CCN(C(=O)C(=O)c2cccs2)CC1. The minimum atomic E-state index is -0.370. The first-order valence-corrected chi connectivity index (χ1v) is 6.69. The molecule has 0 atom stereocenters. The quantitative estimate of drug-likeness (QED) is 0.597. The van der Waals surface area contributed by atoms with E-state index in [-0.39, 0.29) is 11.7 Å². The third-order valence-electron chi connectivity index (χ3n) is 3.05.